The quantitative estimate of drug-likeness (QED) is 0.702. The van der Waals surface area contributed by atoms with Crippen LogP contribution in [0.3, 0.4) is 0 Å². The van der Waals surface area contributed by atoms with Gasteiger partial charge in [0.15, 0.2) is 0 Å². The van der Waals surface area contributed by atoms with Crippen molar-refractivity contribution in [3.63, 3.8) is 0 Å². The van der Waals surface area contributed by atoms with Crippen molar-refractivity contribution in [1.82, 2.24) is 9.97 Å². The molecule has 1 aromatic rings. The van der Waals surface area contributed by atoms with Crippen LogP contribution in [0.5, 0.6) is 0 Å². The molecule has 0 aromatic carbocycles. The average molecular weight is 164 g/mol. The smallest absolute Gasteiger partial charge is 0.131 e. The summed E-state index contributed by atoms with van der Waals surface area (Å²) in [5.74, 6) is 1.77. The van der Waals surface area contributed by atoms with Gasteiger partial charge in [-0.05, 0) is 12.8 Å². The minimum atomic E-state index is 0.643. The molecule has 12 heavy (non-hydrogen) atoms. The molecular weight excluding hydrogens is 152 g/mol. The summed E-state index contributed by atoms with van der Waals surface area (Å²) in [7, 11) is 1.85. The zero-order chi connectivity index (χ0) is 8.39. The van der Waals surface area contributed by atoms with Crippen LogP contribution in [-0.4, -0.2) is 23.1 Å². The fourth-order valence-corrected chi connectivity index (χ4v) is 1.01. The summed E-state index contributed by atoms with van der Waals surface area (Å²) in [5, 5.41) is 6.27. The highest BCUT2D eigenvalue weighted by atomic mass is 15.1. The average Bonchev–Trinajstić information content (AvgIpc) is 2.89. The second kappa shape index (κ2) is 2.97. The van der Waals surface area contributed by atoms with Crippen molar-refractivity contribution in [2.24, 2.45) is 0 Å². The molecule has 0 aliphatic heterocycles. The SMILES string of the molecule is CNc1cc(NC2CC2)ncn1. The molecule has 0 radical (unpaired) electrons. The standard InChI is InChI=1S/C8H12N4/c1-9-7-4-8(11-5-10-7)12-6-2-3-6/h4-6H,2-3H2,1H3,(H2,9,10,11,12). The second-order valence-electron chi connectivity index (χ2n) is 2.96. The first-order valence-electron chi connectivity index (χ1n) is 4.15. The molecule has 0 saturated heterocycles. The summed E-state index contributed by atoms with van der Waals surface area (Å²) in [6, 6.07) is 2.56. The monoisotopic (exact) mass is 164 g/mol. The predicted molar refractivity (Wildman–Crippen MR) is 48.2 cm³/mol. The van der Waals surface area contributed by atoms with Crippen LogP contribution < -0.4 is 10.6 Å². The van der Waals surface area contributed by atoms with Gasteiger partial charge in [-0.2, -0.15) is 0 Å². The highest BCUT2D eigenvalue weighted by Crippen LogP contribution is 2.23. The van der Waals surface area contributed by atoms with Crippen LogP contribution in [0.25, 0.3) is 0 Å². The van der Waals surface area contributed by atoms with Gasteiger partial charge >= 0.3 is 0 Å². The fourth-order valence-electron chi connectivity index (χ4n) is 1.01. The number of hydrogen-bond donors (Lipinski definition) is 2. The Labute approximate surface area is 71.4 Å². The number of aromatic nitrogens is 2. The van der Waals surface area contributed by atoms with E-state index in [0.29, 0.717) is 6.04 Å². The molecule has 0 spiro atoms. The van der Waals surface area contributed by atoms with Gasteiger partial charge in [0.1, 0.15) is 18.0 Å². The van der Waals surface area contributed by atoms with Crippen LogP contribution in [0.15, 0.2) is 12.4 Å². The van der Waals surface area contributed by atoms with E-state index in [2.05, 4.69) is 20.6 Å². The summed E-state index contributed by atoms with van der Waals surface area (Å²) in [6.45, 7) is 0. The van der Waals surface area contributed by atoms with Crippen molar-refractivity contribution in [2.45, 2.75) is 18.9 Å². The third kappa shape index (κ3) is 1.64. The number of nitrogens with one attached hydrogen (secondary N) is 2. The van der Waals surface area contributed by atoms with Gasteiger partial charge in [-0.3, -0.25) is 0 Å². The molecule has 0 atom stereocenters. The molecule has 4 nitrogen and oxygen atoms in total. The first-order valence-corrected chi connectivity index (χ1v) is 4.15. The highest BCUT2D eigenvalue weighted by molar-refractivity contribution is 5.47. The maximum absolute atomic E-state index is 4.11. The molecule has 2 rings (SSSR count). The van der Waals surface area contributed by atoms with Gasteiger partial charge in [0.2, 0.25) is 0 Å². The Morgan fingerprint density at radius 2 is 2.08 bits per heavy atom. The van der Waals surface area contributed by atoms with Crippen LogP contribution >= 0.6 is 0 Å². The Bertz CT molecular complexity index is 270. The molecule has 1 heterocycles. The topological polar surface area (TPSA) is 49.8 Å². The largest absolute Gasteiger partial charge is 0.373 e. The lowest BCUT2D eigenvalue weighted by Crippen LogP contribution is -2.04. The van der Waals surface area contributed by atoms with Gasteiger partial charge in [0.05, 0.1) is 0 Å². The molecule has 0 unspecified atom stereocenters. The first kappa shape index (κ1) is 7.34. The molecule has 1 saturated carbocycles. The van der Waals surface area contributed by atoms with E-state index in [4.69, 9.17) is 0 Å². The summed E-state index contributed by atoms with van der Waals surface area (Å²) in [6.07, 6.45) is 4.09. The molecule has 1 aliphatic rings. The number of hydrogen-bond acceptors (Lipinski definition) is 4. The van der Waals surface area contributed by atoms with E-state index in [1.807, 2.05) is 13.1 Å². The molecule has 0 bridgehead atoms. The van der Waals surface area contributed by atoms with Crippen LogP contribution in [0.4, 0.5) is 11.6 Å². The minimum Gasteiger partial charge on any atom is -0.373 e. The molecule has 0 amide bonds. The second-order valence-corrected chi connectivity index (χ2v) is 2.96. The molecule has 1 aliphatic carbocycles. The molecule has 1 aromatic heterocycles. The van der Waals surface area contributed by atoms with Crippen molar-refractivity contribution < 1.29 is 0 Å². The van der Waals surface area contributed by atoms with E-state index >= 15 is 0 Å². The Hall–Kier alpha value is -1.32. The highest BCUT2D eigenvalue weighted by Gasteiger charge is 2.21. The number of nitrogens with zero attached hydrogens (tertiary/aromatic N) is 2. The molecule has 4 heteroatoms. The van der Waals surface area contributed by atoms with E-state index < -0.39 is 0 Å². The van der Waals surface area contributed by atoms with E-state index in [-0.39, 0.29) is 0 Å². The van der Waals surface area contributed by atoms with Crippen molar-refractivity contribution >= 4 is 11.6 Å². The summed E-state index contributed by atoms with van der Waals surface area (Å²) >= 11 is 0. The lowest BCUT2D eigenvalue weighted by Gasteiger charge is -2.03. The van der Waals surface area contributed by atoms with E-state index in [9.17, 15) is 0 Å². The zero-order valence-corrected chi connectivity index (χ0v) is 7.04. The van der Waals surface area contributed by atoms with Gasteiger partial charge in [-0.25, -0.2) is 9.97 Å². The normalized spacial score (nSPS) is 15.8. The predicted octanol–water partition coefficient (Wildman–Crippen LogP) is 1.09. The molecule has 2 N–H and O–H groups in total. The lowest BCUT2D eigenvalue weighted by atomic mass is 10.5. The molecule has 64 valence electrons. The van der Waals surface area contributed by atoms with E-state index in [1.165, 1.54) is 12.8 Å². The summed E-state index contributed by atoms with van der Waals surface area (Å²) in [5.41, 5.74) is 0. The van der Waals surface area contributed by atoms with E-state index in [1.54, 1.807) is 6.33 Å². The van der Waals surface area contributed by atoms with Gasteiger partial charge in [-0.1, -0.05) is 0 Å². The van der Waals surface area contributed by atoms with Crippen LogP contribution in [0, 0.1) is 0 Å². The van der Waals surface area contributed by atoms with Crippen LogP contribution in [-0.2, 0) is 0 Å². The van der Waals surface area contributed by atoms with E-state index in [0.717, 1.165) is 11.6 Å². The summed E-state index contributed by atoms with van der Waals surface area (Å²) < 4.78 is 0. The maximum atomic E-state index is 4.11. The first-order chi connectivity index (χ1) is 5.88. The van der Waals surface area contributed by atoms with Gasteiger partial charge in [-0.15, -0.1) is 0 Å². The number of rotatable bonds is 3. The van der Waals surface area contributed by atoms with Crippen LogP contribution in [0.1, 0.15) is 12.8 Å². The third-order valence-corrected chi connectivity index (χ3v) is 1.85. The fraction of sp³-hybridized carbons (Fsp3) is 0.500. The van der Waals surface area contributed by atoms with Crippen molar-refractivity contribution in [2.75, 3.05) is 17.7 Å². The summed E-state index contributed by atoms with van der Waals surface area (Å²) in [4.78, 5) is 8.13. The lowest BCUT2D eigenvalue weighted by molar-refractivity contribution is 1.08. The third-order valence-electron chi connectivity index (χ3n) is 1.85. The Kier molecular flexibility index (Phi) is 1.81. The van der Waals surface area contributed by atoms with Gasteiger partial charge < -0.3 is 10.6 Å². The number of anilines is 2. The van der Waals surface area contributed by atoms with Crippen molar-refractivity contribution in [3.8, 4) is 0 Å². The van der Waals surface area contributed by atoms with Gasteiger partial charge in [0.25, 0.3) is 0 Å². The zero-order valence-electron chi connectivity index (χ0n) is 7.04. The molecule has 1 fully saturated rings. The molecular formula is C8H12N4. The van der Waals surface area contributed by atoms with Crippen molar-refractivity contribution in [3.05, 3.63) is 12.4 Å². The Balaban J connectivity index is 2.08. The van der Waals surface area contributed by atoms with Crippen LogP contribution in [0.2, 0.25) is 0 Å². The van der Waals surface area contributed by atoms with Gasteiger partial charge in [0, 0.05) is 19.2 Å². The minimum absolute atomic E-state index is 0.643. The maximum Gasteiger partial charge on any atom is 0.131 e. The van der Waals surface area contributed by atoms with Crippen molar-refractivity contribution in [1.29, 1.82) is 0 Å². The Morgan fingerprint density at radius 1 is 1.33 bits per heavy atom. The Morgan fingerprint density at radius 3 is 2.75 bits per heavy atom.